The van der Waals surface area contributed by atoms with Gasteiger partial charge in [-0.25, -0.2) is 9.78 Å². The van der Waals surface area contributed by atoms with Crippen LogP contribution in [0.4, 0.5) is 0 Å². The van der Waals surface area contributed by atoms with E-state index in [2.05, 4.69) is 20.4 Å². The van der Waals surface area contributed by atoms with Gasteiger partial charge in [-0.2, -0.15) is 0 Å². The minimum Gasteiger partial charge on any atom is -0.347 e. The zero-order chi connectivity index (χ0) is 16.0. The second-order valence-electron chi connectivity index (χ2n) is 8.52. The Balaban J connectivity index is 1.68. The number of hydrogen-bond donors (Lipinski definition) is 0. The molecule has 23 heavy (non-hydrogen) atoms. The van der Waals surface area contributed by atoms with E-state index in [0.29, 0.717) is 18.4 Å². The first-order valence-corrected chi connectivity index (χ1v) is 8.90. The van der Waals surface area contributed by atoms with Crippen LogP contribution in [0.2, 0.25) is 0 Å². The highest BCUT2D eigenvalue weighted by Crippen LogP contribution is 2.66. The van der Waals surface area contributed by atoms with Crippen molar-refractivity contribution in [2.24, 2.45) is 23.2 Å². The maximum absolute atomic E-state index is 6.33. The second-order valence-corrected chi connectivity index (χ2v) is 8.52. The Labute approximate surface area is 137 Å². The van der Waals surface area contributed by atoms with E-state index in [1.165, 1.54) is 6.42 Å². The molecule has 6 rings (SSSR count). The lowest BCUT2D eigenvalue weighted by Crippen LogP contribution is -2.72. The van der Waals surface area contributed by atoms with Gasteiger partial charge in [-0.1, -0.05) is 20.4 Å². The summed E-state index contributed by atoms with van der Waals surface area (Å²) in [6, 6.07) is 0. The maximum atomic E-state index is 6.33. The Morgan fingerprint density at radius 3 is 2.74 bits per heavy atom. The smallest absolute Gasteiger partial charge is 0.201 e. The molecule has 0 N–H and O–H groups in total. The van der Waals surface area contributed by atoms with Gasteiger partial charge in [0.1, 0.15) is 0 Å². The fourth-order valence-electron chi connectivity index (χ4n) is 5.86. The van der Waals surface area contributed by atoms with Crippen molar-refractivity contribution in [1.82, 2.24) is 0 Å². The van der Waals surface area contributed by atoms with Gasteiger partial charge in [0.2, 0.25) is 5.79 Å². The van der Waals surface area contributed by atoms with E-state index in [-0.39, 0.29) is 17.6 Å². The Kier molecular flexibility index (Phi) is 2.83. The van der Waals surface area contributed by atoms with Gasteiger partial charge >= 0.3 is 0 Å². The zero-order valence-electron chi connectivity index (χ0n) is 14.2. The van der Waals surface area contributed by atoms with E-state index < -0.39 is 17.7 Å². The third-order valence-corrected chi connectivity index (χ3v) is 7.35. The molecule has 0 aromatic carbocycles. The van der Waals surface area contributed by atoms with Gasteiger partial charge in [0, 0.05) is 17.8 Å². The van der Waals surface area contributed by atoms with E-state index in [9.17, 15) is 0 Å². The Morgan fingerprint density at radius 1 is 1.09 bits per heavy atom. The Hall–Kier alpha value is -0.460. The second kappa shape index (κ2) is 4.38. The highest BCUT2D eigenvalue weighted by Gasteiger charge is 2.74. The monoisotopic (exact) mass is 322 g/mol. The van der Waals surface area contributed by atoms with Crippen molar-refractivity contribution in [1.29, 1.82) is 0 Å². The molecule has 5 aliphatic heterocycles. The average molecular weight is 322 g/mol. The Bertz CT molecular complexity index is 564. The molecule has 0 amide bonds. The molecule has 1 spiro atoms. The van der Waals surface area contributed by atoms with Crippen LogP contribution < -0.4 is 0 Å². The summed E-state index contributed by atoms with van der Waals surface area (Å²) in [5, 5.41) is 0. The van der Waals surface area contributed by atoms with Crippen LogP contribution >= 0.6 is 0 Å². The summed E-state index contributed by atoms with van der Waals surface area (Å²) in [7, 11) is 0. The molecule has 128 valence electrons. The molecule has 0 aromatic heterocycles. The van der Waals surface area contributed by atoms with Gasteiger partial charge in [-0.05, 0) is 43.6 Å². The van der Waals surface area contributed by atoms with Crippen LogP contribution in [0.15, 0.2) is 12.2 Å². The molecule has 1 saturated carbocycles. The lowest BCUT2D eigenvalue weighted by Gasteiger charge is -2.62. The summed E-state index contributed by atoms with van der Waals surface area (Å²) in [6.07, 6.45) is 3.42. The predicted octanol–water partition coefficient (Wildman–Crippen LogP) is 3.15. The van der Waals surface area contributed by atoms with E-state index in [0.717, 1.165) is 24.8 Å². The first-order valence-electron chi connectivity index (χ1n) is 8.90. The van der Waals surface area contributed by atoms with E-state index in [1.807, 2.05) is 6.92 Å². The molecule has 1 aliphatic carbocycles. The quantitative estimate of drug-likeness (QED) is 0.506. The van der Waals surface area contributed by atoms with Gasteiger partial charge < -0.3 is 14.2 Å². The van der Waals surface area contributed by atoms with Crippen molar-refractivity contribution in [2.75, 3.05) is 6.61 Å². The largest absolute Gasteiger partial charge is 0.347 e. The molecule has 2 bridgehead atoms. The van der Waals surface area contributed by atoms with E-state index >= 15 is 0 Å². The fraction of sp³-hybridized carbons (Fsp3) is 0.889. The highest BCUT2D eigenvalue weighted by atomic mass is 17.3. The topological polar surface area (TPSA) is 46.2 Å². The van der Waals surface area contributed by atoms with Gasteiger partial charge in [0.05, 0.1) is 6.61 Å². The molecule has 0 radical (unpaired) electrons. The molecule has 0 aromatic rings. The summed E-state index contributed by atoms with van der Waals surface area (Å²) < 4.78 is 18.5. The molecule has 6 fully saturated rings. The maximum Gasteiger partial charge on any atom is 0.201 e. The molecule has 5 saturated heterocycles. The van der Waals surface area contributed by atoms with Crippen LogP contribution in [0.25, 0.3) is 0 Å². The minimum atomic E-state index is -0.721. The zero-order valence-corrected chi connectivity index (χ0v) is 14.2. The minimum absolute atomic E-state index is 0.236. The number of rotatable bonds is 0. The van der Waals surface area contributed by atoms with Gasteiger partial charge in [-0.3, -0.25) is 0 Å². The van der Waals surface area contributed by atoms with Crippen molar-refractivity contribution in [3.8, 4) is 0 Å². The first kappa shape index (κ1) is 14.8. The predicted molar refractivity (Wildman–Crippen MR) is 80.9 cm³/mol. The molecule has 5 nitrogen and oxygen atoms in total. The standard InChI is InChI=1S/C18H26O5/c1-10-5-6-13-17(4)11(2)9-19-14(17)20-15-18(13)12(10)7-8-16(3,21-15)22-23-18/h10,12-15H,2,5-9H2,1,3-4H3/t10-,12+,13+,14+,15-,16-,17-,18-/m1/s1. The van der Waals surface area contributed by atoms with Crippen molar-refractivity contribution in [3.63, 3.8) is 0 Å². The van der Waals surface area contributed by atoms with E-state index in [1.54, 1.807) is 0 Å². The van der Waals surface area contributed by atoms with Crippen LogP contribution in [0.1, 0.15) is 46.5 Å². The van der Waals surface area contributed by atoms with Crippen LogP contribution in [0.5, 0.6) is 0 Å². The number of hydrogen-bond acceptors (Lipinski definition) is 5. The molecule has 6 aliphatic rings. The van der Waals surface area contributed by atoms with Crippen LogP contribution in [0, 0.1) is 23.2 Å². The SMILES string of the molecule is C=C1CO[C@H]2O[C@@H]3O[C@@]4(C)CC[C@H]5[C@H](C)CC[C@@H]([C@@]12C)[C@@]35OO4. The van der Waals surface area contributed by atoms with E-state index in [4.69, 9.17) is 24.0 Å². The summed E-state index contributed by atoms with van der Waals surface area (Å²) in [5.41, 5.74) is 0.324. The lowest BCUT2D eigenvalue weighted by molar-refractivity contribution is -0.579. The fourth-order valence-corrected chi connectivity index (χ4v) is 5.86. The van der Waals surface area contributed by atoms with Crippen LogP contribution in [0.3, 0.4) is 0 Å². The van der Waals surface area contributed by atoms with Crippen molar-refractivity contribution in [2.45, 2.75) is 70.4 Å². The summed E-state index contributed by atoms with van der Waals surface area (Å²) in [5.74, 6) is 0.473. The van der Waals surface area contributed by atoms with Crippen LogP contribution in [-0.2, 0) is 24.0 Å². The summed E-state index contributed by atoms with van der Waals surface area (Å²) >= 11 is 0. The molecule has 5 heterocycles. The Morgan fingerprint density at radius 2 is 1.91 bits per heavy atom. The number of ether oxygens (including phenoxy) is 3. The molecule has 5 heteroatoms. The summed E-state index contributed by atoms with van der Waals surface area (Å²) in [6.45, 7) is 11.3. The molecular weight excluding hydrogens is 296 g/mol. The summed E-state index contributed by atoms with van der Waals surface area (Å²) in [4.78, 5) is 12.0. The highest BCUT2D eigenvalue weighted by molar-refractivity contribution is 5.25. The average Bonchev–Trinajstić information content (AvgIpc) is 2.67. The third-order valence-electron chi connectivity index (χ3n) is 7.35. The lowest BCUT2D eigenvalue weighted by atomic mass is 9.52. The molecule has 8 atom stereocenters. The first-order chi connectivity index (χ1) is 10.9. The number of fused-ring (bicyclic) bond motifs is 4. The van der Waals surface area contributed by atoms with Crippen molar-refractivity contribution in [3.05, 3.63) is 12.2 Å². The van der Waals surface area contributed by atoms with Gasteiger partial charge in [-0.15, -0.1) is 0 Å². The van der Waals surface area contributed by atoms with Crippen molar-refractivity contribution >= 4 is 0 Å². The molecular formula is C18H26O5. The van der Waals surface area contributed by atoms with Gasteiger partial charge in [0.15, 0.2) is 18.2 Å². The molecule has 0 unspecified atom stereocenters. The van der Waals surface area contributed by atoms with Crippen LogP contribution in [-0.4, -0.2) is 30.6 Å². The third kappa shape index (κ3) is 1.61. The van der Waals surface area contributed by atoms with Crippen molar-refractivity contribution < 1.29 is 24.0 Å². The van der Waals surface area contributed by atoms with Gasteiger partial charge in [0.25, 0.3) is 0 Å². The normalized spacial score (nSPS) is 61.0.